The van der Waals surface area contributed by atoms with Crippen LogP contribution in [0.4, 0.5) is 11.4 Å². The van der Waals surface area contributed by atoms with Gasteiger partial charge in [-0.3, -0.25) is 9.52 Å². The van der Waals surface area contributed by atoms with Crippen LogP contribution in [-0.2, 0) is 19.6 Å². The maximum Gasteiger partial charge on any atom is 0.350 e. The highest BCUT2D eigenvalue weighted by atomic mass is 32.2. The smallest absolute Gasteiger partial charge is 0.350 e. The van der Waals surface area contributed by atoms with Crippen molar-refractivity contribution in [3.8, 4) is 0 Å². The Bertz CT molecular complexity index is 903. The van der Waals surface area contributed by atoms with Crippen molar-refractivity contribution in [3.63, 3.8) is 0 Å². The van der Waals surface area contributed by atoms with E-state index in [1.165, 1.54) is 6.07 Å². The Kier molecular flexibility index (Phi) is 5.81. The van der Waals surface area contributed by atoms with Gasteiger partial charge in [0.25, 0.3) is 5.91 Å². The predicted octanol–water partition coefficient (Wildman–Crippen LogP) is 2.53. The Hall–Kier alpha value is -2.39. The zero-order valence-electron chi connectivity index (χ0n) is 14.0. The van der Waals surface area contributed by atoms with E-state index in [-0.39, 0.29) is 10.6 Å². The average Bonchev–Trinajstić information content (AvgIpc) is 2.95. The van der Waals surface area contributed by atoms with Gasteiger partial charge in [0.1, 0.15) is 4.88 Å². The summed E-state index contributed by atoms with van der Waals surface area (Å²) in [6, 6.07) is 6.96. The van der Waals surface area contributed by atoms with Crippen LogP contribution >= 0.6 is 11.3 Å². The van der Waals surface area contributed by atoms with Crippen molar-refractivity contribution in [2.45, 2.75) is 13.8 Å². The van der Waals surface area contributed by atoms with Gasteiger partial charge >= 0.3 is 5.97 Å². The summed E-state index contributed by atoms with van der Waals surface area (Å²) in [5.74, 6) is -1.24. The van der Waals surface area contributed by atoms with E-state index in [1.807, 2.05) is 26.0 Å². The number of anilines is 2. The van der Waals surface area contributed by atoms with E-state index in [2.05, 4.69) is 10.0 Å². The van der Waals surface area contributed by atoms with Crippen LogP contribution in [0.15, 0.2) is 29.6 Å². The van der Waals surface area contributed by atoms with E-state index in [4.69, 9.17) is 4.74 Å². The second-order valence-electron chi connectivity index (χ2n) is 5.41. The van der Waals surface area contributed by atoms with Gasteiger partial charge in [0.05, 0.1) is 11.9 Å². The Morgan fingerprint density at radius 3 is 2.56 bits per heavy atom. The van der Waals surface area contributed by atoms with Gasteiger partial charge < -0.3 is 10.1 Å². The van der Waals surface area contributed by atoms with Crippen molar-refractivity contribution in [1.29, 1.82) is 0 Å². The van der Waals surface area contributed by atoms with Gasteiger partial charge in [-0.2, -0.15) is 0 Å². The van der Waals surface area contributed by atoms with Crippen LogP contribution in [0, 0.1) is 13.8 Å². The Labute approximate surface area is 150 Å². The minimum Gasteiger partial charge on any atom is -0.451 e. The van der Waals surface area contributed by atoms with E-state index in [0.29, 0.717) is 5.69 Å². The number of rotatable bonds is 6. The van der Waals surface area contributed by atoms with Crippen LogP contribution in [0.25, 0.3) is 0 Å². The molecule has 0 radical (unpaired) electrons. The van der Waals surface area contributed by atoms with E-state index >= 15 is 0 Å². The van der Waals surface area contributed by atoms with Crippen molar-refractivity contribution in [2.75, 3.05) is 22.9 Å². The fraction of sp³-hybridized carbons (Fsp3) is 0.250. The molecule has 0 aliphatic carbocycles. The number of esters is 1. The van der Waals surface area contributed by atoms with Gasteiger partial charge in [0, 0.05) is 5.69 Å². The van der Waals surface area contributed by atoms with Gasteiger partial charge in [-0.1, -0.05) is 12.1 Å². The van der Waals surface area contributed by atoms with Crippen molar-refractivity contribution >= 4 is 44.6 Å². The monoisotopic (exact) mass is 382 g/mol. The molecule has 0 saturated carbocycles. The number of carbonyl (C=O) groups is 2. The Morgan fingerprint density at radius 2 is 1.88 bits per heavy atom. The van der Waals surface area contributed by atoms with E-state index < -0.39 is 28.5 Å². The minimum absolute atomic E-state index is 0.0879. The summed E-state index contributed by atoms with van der Waals surface area (Å²) in [7, 11) is -3.51. The molecule has 1 amide bonds. The summed E-state index contributed by atoms with van der Waals surface area (Å²) in [5, 5.41) is 4.24. The molecular weight excluding hydrogens is 364 g/mol. The van der Waals surface area contributed by atoms with Crippen LogP contribution in [0.1, 0.15) is 20.8 Å². The molecule has 1 heterocycles. The zero-order valence-corrected chi connectivity index (χ0v) is 15.6. The summed E-state index contributed by atoms with van der Waals surface area (Å²) in [6.45, 7) is 3.34. The lowest BCUT2D eigenvalue weighted by molar-refractivity contribution is -0.119. The normalized spacial score (nSPS) is 11.0. The van der Waals surface area contributed by atoms with Crippen LogP contribution in [0.3, 0.4) is 0 Å². The molecule has 2 aromatic rings. The third-order valence-corrected chi connectivity index (χ3v) is 4.84. The van der Waals surface area contributed by atoms with Crippen LogP contribution in [0.2, 0.25) is 0 Å². The number of sulfonamides is 1. The van der Waals surface area contributed by atoms with Gasteiger partial charge in [0.15, 0.2) is 6.61 Å². The lowest BCUT2D eigenvalue weighted by Crippen LogP contribution is -2.21. The minimum atomic E-state index is -3.51. The summed E-state index contributed by atoms with van der Waals surface area (Å²) in [4.78, 5) is 24.1. The summed E-state index contributed by atoms with van der Waals surface area (Å²) in [5.41, 5.74) is 2.74. The first kappa shape index (κ1) is 18.9. The third kappa shape index (κ3) is 5.30. The Balaban J connectivity index is 1.97. The molecule has 0 saturated heterocycles. The maximum atomic E-state index is 12.1. The number of benzene rings is 1. The molecule has 1 aromatic carbocycles. The number of nitrogens with one attached hydrogen (secondary N) is 2. The fourth-order valence-corrected chi connectivity index (χ4v) is 3.39. The first-order chi connectivity index (χ1) is 11.7. The van der Waals surface area contributed by atoms with E-state index in [0.717, 1.165) is 28.7 Å². The lowest BCUT2D eigenvalue weighted by Gasteiger charge is -2.11. The molecule has 1 aromatic heterocycles. The Morgan fingerprint density at radius 1 is 1.16 bits per heavy atom. The summed E-state index contributed by atoms with van der Waals surface area (Å²) in [6.07, 6.45) is 0.984. The van der Waals surface area contributed by atoms with Gasteiger partial charge in [-0.15, -0.1) is 11.3 Å². The molecule has 2 N–H and O–H groups in total. The number of aryl methyl sites for hydroxylation is 1. The molecule has 0 bridgehead atoms. The number of hydrogen-bond acceptors (Lipinski definition) is 6. The predicted molar refractivity (Wildman–Crippen MR) is 97.6 cm³/mol. The topological polar surface area (TPSA) is 102 Å². The lowest BCUT2D eigenvalue weighted by atomic mass is 10.1. The molecule has 0 spiro atoms. The highest BCUT2D eigenvalue weighted by molar-refractivity contribution is 7.92. The maximum absolute atomic E-state index is 12.1. The first-order valence-corrected chi connectivity index (χ1v) is 10.0. The van der Waals surface area contributed by atoms with Gasteiger partial charge in [0.2, 0.25) is 10.0 Å². The number of thiophene rings is 1. The molecule has 2 rings (SSSR count). The number of amides is 1. The largest absolute Gasteiger partial charge is 0.451 e. The third-order valence-electron chi connectivity index (χ3n) is 3.36. The van der Waals surface area contributed by atoms with E-state index in [9.17, 15) is 18.0 Å². The first-order valence-electron chi connectivity index (χ1n) is 7.26. The molecule has 0 aliphatic rings. The highest BCUT2D eigenvalue weighted by Gasteiger charge is 2.18. The standard InChI is InChI=1S/C16H18N2O5S2/c1-10-5-4-6-12(11(10)2)17-14(19)9-23-16(20)15-13(7-8-24-15)18-25(3,21)22/h4-8,18H,9H2,1-3H3,(H,17,19). The van der Waals surface area contributed by atoms with Crippen molar-refractivity contribution < 1.29 is 22.7 Å². The summed E-state index contributed by atoms with van der Waals surface area (Å²) < 4.78 is 29.8. The molecule has 0 atom stereocenters. The molecule has 134 valence electrons. The molecule has 9 heteroatoms. The second-order valence-corrected chi connectivity index (χ2v) is 8.07. The average molecular weight is 382 g/mol. The molecule has 0 unspecified atom stereocenters. The molecule has 7 nitrogen and oxygen atoms in total. The highest BCUT2D eigenvalue weighted by Crippen LogP contribution is 2.24. The van der Waals surface area contributed by atoms with Crippen molar-refractivity contribution in [1.82, 2.24) is 0 Å². The van der Waals surface area contributed by atoms with Crippen molar-refractivity contribution in [2.24, 2.45) is 0 Å². The van der Waals surface area contributed by atoms with E-state index in [1.54, 1.807) is 11.4 Å². The van der Waals surface area contributed by atoms with Crippen molar-refractivity contribution in [3.05, 3.63) is 45.6 Å². The zero-order chi connectivity index (χ0) is 18.6. The molecule has 0 fully saturated rings. The SMILES string of the molecule is Cc1cccc(NC(=O)COC(=O)c2sccc2NS(C)(=O)=O)c1C. The molecular formula is C16H18N2O5S2. The van der Waals surface area contributed by atoms with Gasteiger partial charge in [-0.25, -0.2) is 13.2 Å². The number of carbonyl (C=O) groups excluding carboxylic acids is 2. The van der Waals surface area contributed by atoms with Crippen LogP contribution in [0.5, 0.6) is 0 Å². The molecule has 0 aliphatic heterocycles. The number of ether oxygens (including phenoxy) is 1. The second kappa shape index (κ2) is 7.66. The van der Waals surface area contributed by atoms with Crippen LogP contribution in [-0.4, -0.2) is 33.2 Å². The van der Waals surface area contributed by atoms with Gasteiger partial charge in [-0.05, 0) is 42.5 Å². The fourth-order valence-electron chi connectivity index (χ4n) is 2.02. The quantitative estimate of drug-likeness (QED) is 0.748. The number of hydrogen-bond donors (Lipinski definition) is 2. The van der Waals surface area contributed by atoms with Crippen LogP contribution < -0.4 is 10.0 Å². The molecule has 25 heavy (non-hydrogen) atoms. The summed E-state index contributed by atoms with van der Waals surface area (Å²) >= 11 is 1.03.